The van der Waals surface area contributed by atoms with E-state index in [1.165, 1.54) is 32.6 Å². The van der Waals surface area contributed by atoms with E-state index in [1.54, 1.807) is 0 Å². The zero-order valence-electron chi connectivity index (χ0n) is 16.8. The van der Waals surface area contributed by atoms with Gasteiger partial charge in [-0.1, -0.05) is 49.0 Å². The number of aryl methyl sites for hydroxylation is 1. The quantitative estimate of drug-likeness (QED) is 0.515. The Morgan fingerprint density at radius 2 is 2.03 bits per heavy atom. The number of carbonyl (C=O) groups excluding carboxylic acids is 1. The smallest absolute Gasteiger partial charge is 0.330 e. The van der Waals surface area contributed by atoms with Crippen LogP contribution in [0.2, 0.25) is 0 Å². The van der Waals surface area contributed by atoms with Crippen LogP contribution in [0.25, 0.3) is 0 Å². The Hall–Kier alpha value is -2.85. The molecule has 0 aliphatic heterocycles. The molecule has 8 nitrogen and oxygen atoms in total. The van der Waals surface area contributed by atoms with E-state index in [0.29, 0.717) is 13.0 Å². The molecule has 0 spiro atoms. The van der Waals surface area contributed by atoms with E-state index in [2.05, 4.69) is 9.97 Å². The van der Waals surface area contributed by atoms with Crippen LogP contribution < -0.4 is 21.9 Å². The van der Waals surface area contributed by atoms with Crippen molar-refractivity contribution in [3.8, 4) is 0 Å². The summed E-state index contributed by atoms with van der Waals surface area (Å²) in [5.74, 6) is -0.176. The predicted octanol–water partition coefficient (Wildman–Crippen LogP) is 2.47. The van der Waals surface area contributed by atoms with E-state index in [1.807, 2.05) is 49.6 Å². The number of anilines is 2. The van der Waals surface area contributed by atoms with Crippen LogP contribution >= 0.6 is 23.1 Å². The molecular weight excluding hydrogens is 422 g/mol. The highest BCUT2D eigenvalue weighted by Crippen LogP contribution is 2.24. The Morgan fingerprint density at radius 1 is 1.30 bits per heavy atom. The van der Waals surface area contributed by atoms with Gasteiger partial charge in [-0.2, -0.15) is 0 Å². The molecule has 0 unspecified atom stereocenters. The zero-order valence-corrected chi connectivity index (χ0v) is 18.4. The molecule has 1 aromatic carbocycles. The van der Waals surface area contributed by atoms with Crippen LogP contribution in [0.5, 0.6) is 0 Å². The number of thiazole rings is 1. The first-order valence-corrected chi connectivity index (χ1v) is 11.3. The number of aromatic nitrogens is 3. The van der Waals surface area contributed by atoms with Crippen LogP contribution in [0.3, 0.4) is 0 Å². The second kappa shape index (κ2) is 9.77. The Bertz CT molecular complexity index is 1140. The molecule has 0 bridgehead atoms. The van der Waals surface area contributed by atoms with Crippen LogP contribution in [-0.2, 0) is 11.3 Å². The van der Waals surface area contributed by atoms with Gasteiger partial charge in [0.05, 0.1) is 12.3 Å². The number of rotatable bonds is 8. The van der Waals surface area contributed by atoms with E-state index < -0.39 is 11.2 Å². The highest BCUT2D eigenvalue weighted by molar-refractivity contribution is 8.01. The Balaban J connectivity index is 1.93. The fourth-order valence-corrected chi connectivity index (χ4v) is 4.67. The normalized spacial score (nSPS) is 10.9. The first-order valence-electron chi connectivity index (χ1n) is 9.42. The maximum absolute atomic E-state index is 13.0. The van der Waals surface area contributed by atoms with E-state index >= 15 is 0 Å². The number of H-pyrrole nitrogens is 1. The van der Waals surface area contributed by atoms with Crippen molar-refractivity contribution < 1.29 is 4.79 Å². The summed E-state index contributed by atoms with van der Waals surface area (Å²) in [5.41, 5.74) is 6.73. The van der Waals surface area contributed by atoms with Gasteiger partial charge in [0.2, 0.25) is 5.91 Å². The molecule has 3 aromatic rings. The van der Waals surface area contributed by atoms with Gasteiger partial charge in [0.1, 0.15) is 5.82 Å². The van der Waals surface area contributed by atoms with E-state index in [-0.39, 0.29) is 29.7 Å². The summed E-state index contributed by atoms with van der Waals surface area (Å²) in [6.07, 6.45) is 0.628. The third-order valence-corrected chi connectivity index (χ3v) is 6.46. The number of thioether (sulfide) groups is 1. The fraction of sp³-hybridized carbons (Fsp3) is 0.300. The van der Waals surface area contributed by atoms with Crippen molar-refractivity contribution in [3.05, 3.63) is 67.8 Å². The number of hydrogen-bond acceptors (Lipinski definition) is 7. The number of nitrogens with zero attached hydrogens (tertiary/aromatic N) is 3. The minimum Gasteiger partial charge on any atom is -0.383 e. The monoisotopic (exact) mass is 445 g/mol. The second-order valence-electron chi connectivity index (χ2n) is 6.65. The average molecular weight is 446 g/mol. The van der Waals surface area contributed by atoms with Crippen molar-refractivity contribution in [2.45, 2.75) is 31.2 Å². The van der Waals surface area contributed by atoms with Crippen LogP contribution in [0.15, 0.2) is 49.6 Å². The molecule has 0 aliphatic rings. The number of amides is 1. The molecule has 2 heterocycles. The lowest BCUT2D eigenvalue weighted by Crippen LogP contribution is -2.42. The molecule has 10 heteroatoms. The lowest BCUT2D eigenvalue weighted by Gasteiger charge is -2.24. The molecule has 158 valence electrons. The molecule has 0 radical (unpaired) electrons. The standard InChI is InChI=1S/C20H23N5O3S2/c1-3-9-24(15(26)12-30-20-22-13(2)11-29-20)16-17(21)25(19(28)23-18(16)27)10-14-7-5-4-6-8-14/h4-8,11H,3,9-10,12,21H2,1-2H3,(H,23,27,28). The van der Waals surface area contributed by atoms with E-state index in [0.717, 1.165) is 15.6 Å². The van der Waals surface area contributed by atoms with Crippen molar-refractivity contribution >= 4 is 40.5 Å². The minimum absolute atomic E-state index is 0.00769. The Morgan fingerprint density at radius 3 is 2.67 bits per heavy atom. The highest BCUT2D eigenvalue weighted by Gasteiger charge is 2.24. The molecule has 0 saturated carbocycles. The number of carbonyl (C=O) groups is 1. The molecular formula is C20H23N5O3S2. The number of nitrogens with two attached hydrogens (primary N) is 1. The SMILES string of the molecule is CCCN(C(=O)CSc1nc(C)cs1)c1c(N)n(Cc2ccccc2)c(=O)[nH]c1=O. The zero-order chi connectivity index (χ0) is 21.7. The maximum atomic E-state index is 13.0. The lowest BCUT2D eigenvalue weighted by molar-refractivity contribution is -0.116. The fourth-order valence-electron chi connectivity index (χ4n) is 2.95. The summed E-state index contributed by atoms with van der Waals surface area (Å²) in [6, 6.07) is 9.30. The molecule has 0 fully saturated rings. The lowest BCUT2D eigenvalue weighted by atomic mass is 10.2. The number of benzene rings is 1. The number of nitrogen functional groups attached to an aromatic ring is 1. The van der Waals surface area contributed by atoms with Gasteiger partial charge in [0.25, 0.3) is 5.56 Å². The van der Waals surface area contributed by atoms with Crippen LogP contribution in [0.1, 0.15) is 24.6 Å². The largest absolute Gasteiger partial charge is 0.383 e. The number of aromatic amines is 1. The van der Waals surface area contributed by atoms with Gasteiger partial charge in [-0.25, -0.2) is 9.78 Å². The van der Waals surface area contributed by atoms with Crippen molar-refractivity contribution in [2.75, 3.05) is 22.9 Å². The number of nitrogens with one attached hydrogen (secondary N) is 1. The Labute approximate surface area is 181 Å². The summed E-state index contributed by atoms with van der Waals surface area (Å²) < 4.78 is 2.06. The van der Waals surface area contributed by atoms with Crippen molar-refractivity contribution in [2.24, 2.45) is 0 Å². The van der Waals surface area contributed by atoms with Gasteiger partial charge in [-0.15, -0.1) is 11.3 Å². The molecule has 0 saturated heterocycles. The molecule has 3 N–H and O–H groups in total. The summed E-state index contributed by atoms with van der Waals surface area (Å²) in [5, 5.41) is 1.92. The molecule has 1 amide bonds. The van der Waals surface area contributed by atoms with Crippen LogP contribution in [-0.4, -0.2) is 32.7 Å². The van der Waals surface area contributed by atoms with Gasteiger partial charge in [0, 0.05) is 17.6 Å². The molecule has 0 aliphatic carbocycles. The third-order valence-electron chi connectivity index (χ3n) is 4.33. The third kappa shape index (κ3) is 5.00. The first-order chi connectivity index (χ1) is 14.4. The van der Waals surface area contributed by atoms with Gasteiger partial charge in [-0.05, 0) is 18.9 Å². The number of hydrogen-bond donors (Lipinski definition) is 2. The van der Waals surface area contributed by atoms with Gasteiger partial charge in [-0.3, -0.25) is 19.1 Å². The van der Waals surface area contributed by atoms with Crippen LogP contribution in [0, 0.1) is 6.92 Å². The summed E-state index contributed by atoms with van der Waals surface area (Å²) in [7, 11) is 0. The summed E-state index contributed by atoms with van der Waals surface area (Å²) >= 11 is 2.78. The van der Waals surface area contributed by atoms with Gasteiger partial charge >= 0.3 is 5.69 Å². The minimum atomic E-state index is -0.668. The van der Waals surface area contributed by atoms with Crippen LogP contribution in [0.4, 0.5) is 11.5 Å². The first kappa shape index (κ1) is 21.8. The van der Waals surface area contributed by atoms with Crippen molar-refractivity contribution in [3.63, 3.8) is 0 Å². The highest BCUT2D eigenvalue weighted by atomic mass is 32.2. The predicted molar refractivity (Wildman–Crippen MR) is 121 cm³/mol. The average Bonchev–Trinajstić information content (AvgIpc) is 3.14. The molecule has 30 heavy (non-hydrogen) atoms. The van der Waals surface area contributed by atoms with Gasteiger partial charge in [0.15, 0.2) is 10.0 Å². The van der Waals surface area contributed by atoms with E-state index in [4.69, 9.17) is 5.73 Å². The maximum Gasteiger partial charge on any atom is 0.330 e. The molecule has 0 atom stereocenters. The Kier molecular flexibility index (Phi) is 7.11. The van der Waals surface area contributed by atoms with Crippen molar-refractivity contribution in [1.82, 2.24) is 14.5 Å². The summed E-state index contributed by atoms with van der Waals surface area (Å²) in [6.45, 7) is 4.30. The molecule has 3 rings (SSSR count). The van der Waals surface area contributed by atoms with Gasteiger partial charge < -0.3 is 10.6 Å². The topological polar surface area (TPSA) is 114 Å². The summed E-state index contributed by atoms with van der Waals surface area (Å²) in [4.78, 5) is 46.0. The van der Waals surface area contributed by atoms with Crippen molar-refractivity contribution in [1.29, 1.82) is 0 Å². The van der Waals surface area contributed by atoms with E-state index in [9.17, 15) is 14.4 Å². The molecule has 2 aromatic heterocycles. The second-order valence-corrected chi connectivity index (χ2v) is 8.73.